The van der Waals surface area contributed by atoms with Gasteiger partial charge in [-0.25, -0.2) is 0 Å². The van der Waals surface area contributed by atoms with Crippen LogP contribution in [-0.2, 0) is 11.2 Å². The minimum Gasteiger partial charge on any atom is -0.396 e. The van der Waals surface area contributed by atoms with Gasteiger partial charge in [-0.3, -0.25) is 4.79 Å². The molecule has 0 saturated carbocycles. The SMILES string of the molecule is O=C(C1SCCc2sccc21)N1CCCC(CO)C1. The van der Waals surface area contributed by atoms with Crippen molar-refractivity contribution in [2.45, 2.75) is 24.5 Å². The summed E-state index contributed by atoms with van der Waals surface area (Å²) in [4.78, 5) is 16.1. The summed E-state index contributed by atoms with van der Waals surface area (Å²) in [6, 6.07) is 2.11. The number of carbonyl (C=O) groups excluding carboxylic acids is 1. The van der Waals surface area contributed by atoms with E-state index in [0.29, 0.717) is 0 Å². The van der Waals surface area contributed by atoms with E-state index < -0.39 is 0 Å². The highest BCUT2D eigenvalue weighted by Crippen LogP contribution is 2.40. The van der Waals surface area contributed by atoms with Crippen LogP contribution in [0.3, 0.4) is 0 Å². The van der Waals surface area contributed by atoms with Gasteiger partial charge in [-0.15, -0.1) is 23.1 Å². The maximum absolute atomic E-state index is 12.7. The molecule has 3 rings (SSSR count). The van der Waals surface area contributed by atoms with Crippen molar-refractivity contribution >= 4 is 29.0 Å². The minimum absolute atomic E-state index is 0.00700. The molecule has 1 aromatic heterocycles. The molecule has 1 saturated heterocycles. The van der Waals surface area contributed by atoms with Gasteiger partial charge in [0.2, 0.25) is 5.91 Å². The Bertz CT molecular complexity index is 460. The third-order valence-electron chi connectivity index (χ3n) is 3.99. The van der Waals surface area contributed by atoms with Crippen LogP contribution >= 0.6 is 23.1 Å². The van der Waals surface area contributed by atoms with Crippen molar-refractivity contribution in [2.24, 2.45) is 5.92 Å². The van der Waals surface area contributed by atoms with Crippen LogP contribution in [0.25, 0.3) is 0 Å². The topological polar surface area (TPSA) is 40.5 Å². The zero-order valence-electron chi connectivity index (χ0n) is 10.9. The monoisotopic (exact) mass is 297 g/mol. The molecule has 0 spiro atoms. The van der Waals surface area contributed by atoms with E-state index in [9.17, 15) is 9.90 Å². The third-order valence-corrected chi connectivity index (χ3v) is 6.21. The first kappa shape index (κ1) is 13.5. The van der Waals surface area contributed by atoms with Gasteiger partial charge in [0, 0.05) is 24.6 Å². The van der Waals surface area contributed by atoms with E-state index in [0.717, 1.165) is 38.1 Å². The summed E-state index contributed by atoms with van der Waals surface area (Å²) in [5.74, 6) is 1.57. The summed E-state index contributed by atoms with van der Waals surface area (Å²) < 4.78 is 0. The lowest BCUT2D eigenvalue weighted by Gasteiger charge is -2.35. The maximum atomic E-state index is 12.7. The van der Waals surface area contributed by atoms with Crippen LogP contribution in [0.5, 0.6) is 0 Å². The van der Waals surface area contributed by atoms with E-state index >= 15 is 0 Å². The highest BCUT2D eigenvalue weighted by atomic mass is 32.2. The molecule has 0 aliphatic carbocycles. The van der Waals surface area contributed by atoms with E-state index in [4.69, 9.17) is 0 Å². The summed E-state index contributed by atoms with van der Waals surface area (Å²) in [5.41, 5.74) is 1.23. The van der Waals surface area contributed by atoms with Gasteiger partial charge < -0.3 is 10.0 Å². The number of piperidine rings is 1. The highest BCUT2D eigenvalue weighted by molar-refractivity contribution is 8.00. The molecule has 3 heterocycles. The molecule has 3 nitrogen and oxygen atoms in total. The average molecular weight is 297 g/mol. The molecule has 0 bridgehead atoms. The van der Waals surface area contributed by atoms with Crippen molar-refractivity contribution in [1.29, 1.82) is 0 Å². The number of aryl methyl sites for hydroxylation is 1. The molecule has 0 aromatic carbocycles. The van der Waals surface area contributed by atoms with Crippen LogP contribution in [0.1, 0.15) is 28.5 Å². The summed E-state index contributed by atoms with van der Waals surface area (Å²) in [6.07, 6.45) is 3.16. The molecule has 2 atom stereocenters. The fourth-order valence-electron chi connectivity index (χ4n) is 2.93. The lowest BCUT2D eigenvalue weighted by molar-refractivity contribution is -0.132. The van der Waals surface area contributed by atoms with Crippen LogP contribution in [0.4, 0.5) is 0 Å². The van der Waals surface area contributed by atoms with Crippen molar-refractivity contribution in [1.82, 2.24) is 4.90 Å². The molecule has 2 unspecified atom stereocenters. The molecule has 1 fully saturated rings. The first-order valence-electron chi connectivity index (χ1n) is 6.87. The molecular weight excluding hydrogens is 278 g/mol. The van der Waals surface area contributed by atoms with Gasteiger partial charge in [0.15, 0.2) is 0 Å². The maximum Gasteiger partial charge on any atom is 0.240 e. The van der Waals surface area contributed by atoms with Crippen molar-refractivity contribution in [3.05, 3.63) is 21.9 Å². The van der Waals surface area contributed by atoms with Gasteiger partial charge >= 0.3 is 0 Å². The number of aliphatic hydroxyl groups excluding tert-OH is 1. The lowest BCUT2D eigenvalue weighted by atomic mass is 9.98. The largest absolute Gasteiger partial charge is 0.396 e. The van der Waals surface area contributed by atoms with Crippen LogP contribution in [0.15, 0.2) is 11.4 Å². The van der Waals surface area contributed by atoms with Crippen molar-refractivity contribution in [3.8, 4) is 0 Å². The summed E-state index contributed by atoms with van der Waals surface area (Å²) in [5, 5.41) is 11.4. The number of thioether (sulfide) groups is 1. The predicted molar refractivity (Wildman–Crippen MR) is 79.6 cm³/mol. The number of hydrogen-bond acceptors (Lipinski definition) is 4. The molecule has 1 amide bonds. The number of fused-ring (bicyclic) bond motifs is 1. The van der Waals surface area contributed by atoms with Gasteiger partial charge in [0.25, 0.3) is 0 Å². The Morgan fingerprint density at radius 2 is 2.42 bits per heavy atom. The lowest BCUT2D eigenvalue weighted by Crippen LogP contribution is -2.43. The summed E-state index contributed by atoms with van der Waals surface area (Å²) in [6.45, 7) is 1.78. The molecule has 1 N–H and O–H groups in total. The number of amides is 1. The second kappa shape index (κ2) is 5.85. The Hall–Kier alpha value is -0.520. The van der Waals surface area contributed by atoms with Gasteiger partial charge in [-0.2, -0.15) is 0 Å². The van der Waals surface area contributed by atoms with Crippen LogP contribution in [0, 0.1) is 5.92 Å². The van der Waals surface area contributed by atoms with E-state index in [1.54, 1.807) is 23.1 Å². The number of rotatable bonds is 2. The van der Waals surface area contributed by atoms with E-state index in [-0.39, 0.29) is 23.7 Å². The van der Waals surface area contributed by atoms with E-state index in [2.05, 4.69) is 11.4 Å². The van der Waals surface area contributed by atoms with E-state index in [1.807, 2.05) is 4.90 Å². The number of carbonyl (C=O) groups is 1. The number of nitrogens with zero attached hydrogens (tertiary/aromatic N) is 1. The van der Waals surface area contributed by atoms with Gasteiger partial charge in [0.1, 0.15) is 5.25 Å². The average Bonchev–Trinajstić information content (AvgIpc) is 2.95. The molecule has 104 valence electrons. The number of aliphatic hydroxyl groups is 1. The fraction of sp³-hybridized carbons (Fsp3) is 0.643. The zero-order valence-corrected chi connectivity index (χ0v) is 12.5. The molecule has 1 aromatic rings. The Morgan fingerprint density at radius 1 is 1.53 bits per heavy atom. The second-order valence-corrected chi connectivity index (χ2v) is 7.49. The van der Waals surface area contributed by atoms with Crippen molar-refractivity contribution in [2.75, 3.05) is 25.4 Å². The molecular formula is C14H19NO2S2. The smallest absolute Gasteiger partial charge is 0.240 e. The Balaban J connectivity index is 1.74. The van der Waals surface area contributed by atoms with E-state index in [1.165, 1.54) is 10.4 Å². The van der Waals surface area contributed by atoms with Crippen LogP contribution < -0.4 is 0 Å². The molecule has 5 heteroatoms. The standard InChI is InChI=1S/C14H19NO2S2/c16-9-10-2-1-5-15(8-10)14(17)13-11-3-6-18-12(11)4-7-19-13/h3,6,10,13,16H,1-2,4-5,7-9H2. The molecule has 2 aliphatic rings. The Kier molecular flexibility index (Phi) is 4.15. The normalized spacial score (nSPS) is 27.1. The third kappa shape index (κ3) is 2.69. The molecule has 19 heavy (non-hydrogen) atoms. The predicted octanol–water partition coefficient (Wildman–Crippen LogP) is 2.31. The minimum atomic E-state index is -0.00700. The van der Waals surface area contributed by atoms with Crippen LogP contribution in [-0.4, -0.2) is 41.4 Å². The fourth-order valence-corrected chi connectivity index (χ4v) is 5.31. The Morgan fingerprint density at radius 3 is 3.26 bits per heavy atom. The molecule has 0 radical (unpaired) electrons. The summed E-state index contributed by atoms with van der Waals surface area (Å²) >= 11 is 3.55. The quantitative estimate of drug-likeness (QED) is 0.910. The first-order valence-corrected chi connectivity index (χ1v) is 8.80. The van der Waals surface area contributed by atoms with Gasteiger partial charge in [-0.1, -0.05) is 0 Å². The summed E-state index contributed by atoms with van der Waals surface area (Å²) in [7, 11) is 0. The highest BCUT2D eigenvalue weighted by Gasteiger charge is 2.33. The zero-order chi connectivity index (χ0) is 13.2. The van der Waals surface area contributed by atoms with Gasteiger partial charge in [-0.05, 0) is 47.9 Å². The number of hydrogen-bond donors (Lipinski definition) is 1. The van der Waals surface area contributed by atoms with Crippen molar-refractivity contribution in [3.63, 3.8) is 0 Å². The number of likely N-dealkylation sites (tertiary alicyclic amines) is 1. The first-order chi connectivity index (χ1) is 9.29. The number of thiophene rings is 1. The second-order valence-electron chi connectivity index (χ2n) is 5.28. The van der Waals surface area contributed by atoms with Crippen molar-refractivity contribution < 1.29 is 9.90 Å². The van der Waals surface area contributed by atoms with Crippen LogP contribution in [0.2, 0.25) is 0 Å². The Labute approximate surface area is 122 Å². The molecule has 2 aliphatic heterocycles. The van der Waals surface area contributed by atoms with Gasteiger partial charge in [0.05, 0.1) is 0 Å².